The van der Waals surface area contributed by atoms with Gasteiger partial charge >= 0.3 is 5.97 Å². The summed E-state index contributed by atoms with van der Waals surface area (Å²) in [6, 6.07) is 5.84. The number of piperidine rings is 1. The first-order valence-corrected chi connectivity index (χ1v) is 8.96. The highest BCUT2D eigenvalue weighted by molar-refractivity contribution is 6.31. The summed E-state index contributed by atoms with van der Waals surface area (Å²) in [4.78, 5) is 38.5. The van der Waals surface area contributed by atoms with Gasteiger partial charge in [0.05, 0.1) is 5.39 Å². The highest BCUT2D eigenvalue weighted by Gasteiger charge is 2.29. The van der Waals surface area contributed by atoms with Gasteiger partial charge < -0.3 is 14.1 Å². The molecule has 0 radical (unpaired) electrons. The van der Waals surface area contributed by atoms with Crippen LogP contribution in [0, 0.1) is 0 Å². The third kappa shape index (κ3) is 3.75. The zero-order valence-corrected chi connectivity index (χ0v) is 15.4. The number of fused-ring (bicyclic) bond motifs is 1. The lowest BCUT2D eigenvalue weighted by Crippen LogP contribution is -2.49. The SMILES string of the molecule is C[C@H]1CCC[C@H](C)N1C(=O)COC(=O)c1cc(=O)c2cc(Cl)ccc2o1. The molecule has 1 fully saturated rings. The van der Waals surface area contributed by atoms with Gasteiger partial charge in [0, 0.05) is 23.2 Å². The van der Waals surface area contributed by atoms with E-state index in [0.717, 1.165) is 25.3 Å². The van der Waals surface area contributed by atoms with Crippen molar-refractivity contribution < 1.29 is 18.7 Å². The maximum Gasteiger partial charge on any atom is 0.374 e. The van der Waals surface area contributed by atoms with E-state index in [1.807, 2.05) is 13.8 Å². The number of rotatable bonds is 3. The molecule has 1 saturated heterocycles. The quantitative estimate of drug-likeness (QED) is 0.766. The normalized spacial score (nSPS) is 20.2. The predicted molar refractivity (Wildman–Crippen MR) is 97.4 cm³/mol. The first kappa shape index (κ1) is 18.5. The second-order valence-electron chi connectivity index (χ2n) is 6.62. The van der Waals surface area contributed by atoms with Gasteiger partial charge in [0.15, 0.2) is 12.0 Å². The summed E-state index contributed by atoms with van der Waals surface area (Å²) in [6.45, 7) is 3.60. The predicted octanol–water partition coefficient (Wildman–Crippen LogP) is 3.39. The van der Waals surface area contributed by atoms with E-state index in [1.165, 1.54) is 12.1 Å². The number of hydrogen-bond donors (Lipinski definition) is 0. The molecular formula is C19H20ClNO5. The minimum Gasteiger partial charge on any atom is -0.450 e. The Bertz CT molecular complexity index is 896. The Morgan fingerprint density at radius 1 is 1.23 bits per heavy atom. The lowest BCUT2D eigenvalue weighted by atomic mass is 9.97. The van der Waals surface area contributed by atoms with Crippen molar-refractivity contribution in [2.24, 2.45) is 0 Å². The van der Waals surface area contributed by atoms with Crippen molar-refractivity contribution in [3.05, 3.63) is 45.3 Å². The van der Waals surface area contributed by atoms with E-state index >= 15 is 0 Å². The van der Waals surface area contributed by atoms with Crippen LogP contribution < -0.4 is 5.43 Å². The van der Waals surface area contributed by atoms with Gasteiger partial charge in [-0.15, -0.1) is 0 Å². The van der Waals surface area contributed by atoms with Crippen LogP contribution in [0.1, 0.15) is 43.7 Å². The number of halogens is 1. The fourth-order valence-corrected chi connectivity index (χ4v) is 3.59. The number of nitrogens with zero attached hydrogens (tertiary/aromatic N) is 1. The van der Waals surface area contributed by atoms with Crippen LogP contribution in [0.25, 0.3) is 11.0 Å². The molecule has 0 saturated carbocycles. The first-order chi connectivity index (χ1) is 12.4. The lowest BCUT2D eigenvalue weighted by Gasteiger charge is -2.38. The highest BCUT2D eigenvalue weighted by atomic mass is 35.5. The molecule has 138 valence electrons. The molecular weight excluding hydrogens is 358 g/mol. The summed E-state index contributed by atoms with van der Waals surface area (Å²) in [5.74, 6) is -1.32. The second kappa shape index (κ2) is 7.50. The second-order valence-corrected chi connectivity index (χ2v) is 7.06. The van der Waals surface area contributed by atoms with E-state index in [4.69, 9.17) is 20.8 Å². The molecule has 1 aromatic heterocycles. The van der Waals surface area contributed by atoms with Crippen LogP contribution >= 0.6 is 11.6 Å². The molecule has 0 bridgehead atoms. The molecule has 2 heterocycles. The van der Waals surface area contributed by atoms with Gasteiger partial charge in [-0.05, 0) is 51.3 Å². The molecule has 0 unspecified atom stereocenters. The Morgan fingerprint density at radius 2 is 1.92 bits per heavy atom. The monoisotopic (exact) mass is 377 g/mol. The fraction of sp³-hybridized carbons (Fsp3) is 0.421. The van der Waals surface area contributed by atoms with E-state index in [-0.39, 0.29) is 41.3 Å². The maximum atomic E-state index is 12.4. The van der Waals surface area contributed by atoms with E-state index in [0.29, 0.717) is 5.02 Å². The van der Waals surface area contributed by atoms with Gasteiger partial charge in [0.2, 0.25) is 5.76 Å². The number of benzene rings is 1. The van der Waals surface area contributed by atoms with E-state index in [2.05, 4.69) is 0 Å². The average Bonchev–Trinajstić information content (AvgIpc) is 2.60. The van der Waals surface area contributed by atoms with Gasteiger partial charge in [-0.1, -0.05) is 11.6 Å². The Hall–Kier alpha value is -2.34. The van der Waals surface area contributed by atoms with E-state index in [9.17, 15) is 14.4 Å². The Balaban J connectivity index is 1.72. The third-order valence-electron chi connectivity index (χ3n) is 4.70. The molecule has 1 aliphatic heterocycles. The molecule has 0 spiro atoms. The topological polar surface area (TPSA) is 76.8 Å². The smallest absolute Gasteiger partial charge is 0.374 e. The Kier molecular flexibility index (Phi) is 5.32. The first-order valence-electron chi connectivity index (χ1n) is 8.58. The van der Waals surface area contributed by atoms with Crippen molar-refractivity contribution in [1.82, 2.24) is 4.90 Å². The Morgan fingerprint density at radius 3 is 2.62 bits per heavy atom. The minimum absolute atomic E-state index is 0.119. The molecule has 3 rings (SSSR count). The van der Waals surface area contributed by atoms with Gasteiger partial charge in [-0.2, -0.15) is 0 Å². The van der Waals surface area contributed by atoms with E-state index < -0.39 is 11.4 Å². The van der Waals surface area contributed by atoms with Crippen molar-refractivity contribution in [1.29, 1.82) is 0 Å². The minimum atomic E-state index is -0.843. The van der Waals surface area contributed by atoms with Crippen LogP contribution in [-0.2, 0) is 9.53 Å². The van der Waals surface area contributed by atoms with Gasteiger partial charge in [-0.25, -0.2) is 4.79 Å². The van der Waals surface area contributed by atoms with Gasteiger partial charge in [0.1, 0.15) is 5.58 Å². The van der Waals surface area contributed by atoms with Crippen LogP contribution in [0.2, 0.25) is 5.02 Å². The summed E-state index contributed by atoms with van der Waals surface area (Å²) in [5, 5.41) is 0.677. The molecule has 26 heavy (non-hydrogen) atoms. The van der Waals surface area contributed by atoms with Crippen LogP contribution in [0.15, 0.2) is 33.5 Å². The largest absolute Gasteiger partial charge is 0.450 e. The van der Waals surface area contributed by atoms with Crippen molar-refractivity contribution >= 4 is 34.4 Å². The lowest BCUT2D eigenvalue weighted by molar-refractivity contribution is -0.140. The van der Waals surface area contributed by atoms with Crippen molar-refractivity contribution in [2.45, 2.75) is 45.2 Å². The molecule has 0 N–H and O–H groups in total. The molecule has 2 aromatic rings. The maximum absolute atomic E-state index is 12.4. The Labute approximate surface area is 155 Å². The summed E-state index contributed by atoms with van der Waals surface area (Å²) in [5.41, 5.74) is -0.163. The van der Waals surface area contributed by atoms with Crippen molar-refractivity contribution in [3.8, 4) is 0 Å². The molecule has 0 aliphatic carbocycles. The van der Waals surface area contributed by atoms with Crippen LogP contribution in [-0.4, -0.2) is 35.5 Å². The number of hydrogen-bond acceptors (Lipinski definition) is 5. The van der Waals surface area contributed by atoms with Crippen LogP contribution in [0.5, 0.6) is 0 Å². The van der Waals surface area contributed by atoms with Crippen LogP contribution in [0.4, 0.5) is 0 Å². The zero-order valence-electron chi connectivity index (χ0n) is 14.7. The number of esters is 1. The highest BCUT2D eigenvalue weighted by Crippen LogP contribution is 2.23. The molecule has 7 heteroatoms. The molecule has 1 aromatic carbocycles. The fourth-order valence-electron chi connectivity index (χ4n) is 3.41. The van der Waals surface area contributed by atoms with Gasteiger partial charge in [0.25, 0.3) is 5.91 Å². The molecule has 2 atom stereocenters. The average molecular weight is 378 g/mol. The summed E-state index contributed by atoms with van der Waals surface area (Å²) >= 11 is 5.86. The van der Waals surface area contributed by atoms with Crippen molar-refractivity contribution in [2.75, 3.05) is 6.61 Å². The number of carbonyl (C=O) groups excluding carboxylic acids is 2. The standard InChI is InChI=1S/C19H20ClNO5/c1-11-4-3-5-12(2)21(11)18(23)10-25-19(24)17-9-15(22)14-8-13(20)6-7-16(14)26-17/h6-9,11-12H,3-5,10H2,1-2H3/t11-,12-/m0/s1. The molecule has 1 amide bonds. The number of amides is 1. The number of likely N-dealkylation sites (tertiary alicyclic amines) is 1. The third-order valence-corrected chi connectivity index (χ3v) is 4.93. The number of carbonyl (C=O) groups is 2. The van der Waals surface area contributed by atoms with Crippen molar-refractivity contribution in [3.63, 3.8) is 0 Å². The summed E-state index contributed by atoms with van der Waals surface area (Å²) in [7, 11) is 0. The summed E-state index contributed by atoms with van der Waals surface area (Å²) in [6.07, 6.45) is 2.95. The van der Waals surface area contributed by atoms with E-state index in [1.54, 1.807) is 11.0 Å². The number of ether oxygens (including phenoxy) is 1. The van der Waals surface area contributed by atoms with Crippen LogP contribution in [0.3, 0.4) is 0 Å². The zero-order chi connectivity index (χ0) is 18.8. The molecule has 1 aliphatic rings. The van der Waals surface area contributed by atoms with Gasteiger partial charge in [-0.3, -0.25) is 9.59 Å². The summed E-state index contributed by atoms with van der Waals surface area (Å²) < 4.78 is 10.5. The molecule has 6 nitrogen and oxygen atoms in total.